The lowest BCUT2D eigenvalue weighted by Crippen LogP contribution is -2.42. The van der Waals surface area contributed by atoms with Crippen LogP contribution in [-0.2, 0) is 0 Å². The highest BCUT2D eigenvalue weighted by Crippen LogP contribution is 2.17. The van der Waals surface area contributed by atoms with E-state index in [2.05, 4.69) is 12.6 Å². The number of aryl methyl sites for hydroxylation is 1. The molecule has 0 aliphatic heterocycles. The van der Waals surface area contributed by atoms with Gasteiger partial charge in [0, 0.05) is 23.5 Å². The van der Waals surface area contributed by atoms with Gasteiger partial charge in [0.1, 0.15) is 0 Å². The van der Waals surface area contributed by atoms with Crippen molar-refractivity contribution in [2.75, 3.05) is 13.1 Å². The van der Waals surface area contributed by atoms with Crippen LogP contribution in [-0.4, -0.2) is 34.6 Å². The fraction of sp³-hybridized carbons (Fsp3) is 0.500. The van der Waals surface area contributed by atoms with E-state index in [4.69, 9.17) is 0 Å². The number of benzene rings is 1. The van der Waals surface area contributed by atoms with E-state index in [-0.39, 0.29) is 5.91 Å². The van der Waals surface area contributed by atoms with E-state index in [1.54, 1.807) is 24.8 Å². The standard InChI is InChI=1S/C14H21NO2S/c1-5-15(9-14(3,4)17)13(16)12-8-11(18)7-6-10(12)2/h6-8,17-18H,5,9H2,1-4H3. The predicted molar refractivity (Wildman–Crippen MR) is 76.3 cm³/mol. The average molecular weight is 267 g/mol. The number of hydrogen-bond acceptors (Lipinski definition) is 3. The Morgan fingerprint density at radius 1 is 1.44 bits per heavy atom. The molecule has 0 saturated heterocycles. The zero-order valence-electron chi connectivity index (χ0n) is 11.4. The van der Waals surface area contributed by atoms with E-state index < -0.39 is 5.60 Å². The van der Waals surface area contributed by atoms with Crippen LogP contribution in [0.4, 0.5) is 0 Å². The SMILES string of the molecule is CCN(CC(C)(C)O)C(=O)c1cc(S)ccc1C. The van der Waals surface area contributed by atoms with Crippen LogP contribution in [0, 0.1) is 6.92 Å². The molecular formula is C14H21NO2S. The molecule has 0 bridgehead atoms. The first-order valence-electron chi connectivity index (χ1n) is 6.06. The molecule has 0 aliphatic rings. The molecule has 3 nitrogen and oxygen atoms in total. The van der Waals surface area contributed by atoms with E-state index in [1.807, 2.05) is 26.0 Å². The maximum atomic E-state index is 12.4. The first-order chi connectivity index (χ1) is 8.24. The maximum Gasteiger partial charge on any atom is 0.254 e. The van der Waals surface area contributed by atoms with Crippen molar-refractivity contribution < 1.29 is 9.90 Å². The Hall–Kier alpha value is -1.00. The molecule has 1 N–H and O–H groups in total. The van der Waals surface area contributed by atoms with Crippen molar-refractivity contribution in [2.24, 2.45) is 0 Å². The van der Waals surface area contributed by atoms with Crippen LogP contribution in [0.1, 0.15) is 36.7 Å². The van der Waals surface area contributed by atoms with Gasteiger partial charge >= 0.3 is 0 Å². The lowest BCUT2D eigenvalue weighted by molar-refractivity contribution is 0.0314. The van der Waals surface area contributed by atoms with E-state index in [0.717, 1.165) is 10.5 Å². The summed E-state index contributed by atoms with van der Waals surface area (Å²) in [6, 6.07) is 5.52. The summed E-state index contributed by atoms with van der Waals surface area (Å²) in [5.74, 6) is -0.0620. The number of likely N-dealkylation sites (N-methyl/N-ethyl adjacent to an activating group) is 1. The molecule has 1 amide bonds. The van der Waals surface area contributed by atoms with Gasteiger partial charge < -0.3 is 10.0 Å². The lowest BCUT2D eigenvalue weighted by Gasteiger charge is -2.28. The van der Waals surface area contributed by atoms with Gasteiger partial charge in [0.05, 0.1) is 5.60 Å². The highest BCUT2D eigenvalue weighted by molar-refractivity contribution is 7.80. The molecule has 18 heavy (non-hydrogen) atoms. The zero-order chi connectivity index (χ0) is 13.9. The summed E-state index contributed by atoms with van der Waals surface area (Å²) in [4.78, 5) is 14.8. The van der Waals surface area contributed by atoms with Gasteiger partial charge in [-0.15, -0.1) is 12.6 Å². The summed E-state index contributed by atoms with van der Waals surface area (Å²) >= 11 is 4.26. The number of amides is 1. The molecule has 0 spiro atoms. The second kappa shape index (κ2) is 5.76. The van der Waals surface area contributed by atoms with Gasteiger partial charge in [-0.2, -0.15) is 0 Å². The molecule has 0 saturated carbocycles. The molecule has 1 rings (SSSR count). The largest absolute Gasteiger partial charge is 0.389 e. The summed E-state index contributed by atoms with van der Waals surface area (Å²) in [5.41, 5.74) is 0.679. The van der Waals surface area contributed by atoms with Gasteiger partial charge in [0.2, 0.25) is 0 Å². The number of carbonyl (C=O) groups excluding carboxylic acids is 1. The van der Waals surface area contributed by atoms with Crippen molar-refractivity contribution >= 4 is 18.5 Å². The predicted octanol–water partition coefficient (Wildman–Crippen LogP) is 2.52. The maximum absolute atomic E-state index is 12.4. The number of thiol groups is 1. The van der Waals surface area contributed by atoms with Crippen LogP contribution in [0.2, 0.25) is 0 Å². The molecule has 0 aliphatic carbocycles. The van der Waals surface area contributed by atoms with Gasteiger partial charge in [-0.1, -0.05) is 6.07 Å². The first-order valence-corrected chi connectivity index (χ1v) is 6.50. The Labute approximate surface area is 114 Å². The molecule has 100 valence electrons. The fourth-order valence-corrected chi connectivity index (χ4v) is 2.01. The summed E-state index contributed by atoms with van der Waals surface area (Å²) in [5, 5.41) is 9.83. The van der Waals surface area contributed by atoms with Crippen molar-refractivity contribution in [1.82, 2.24) is 4.90 Å². The van der Waals surface area contributed by atoms with Crippen LogP contribution >= 0.6 is 12.6 Å². The molecule has 0 fully saturated rings. The van der Waals surface area contributed by atoms with Crippen LogP contribution in [0.15, 0.2) is 23.1 Å². The molecule has 0 heterocycles. The first kappa shape index (κ1) is 15.1. The van der Waals surface area contributed by atoms with Crippen molar-refractivity contribution in [3.8, 4) is 0 Å². The Kier molecular flexibility index (Phi) is 4.82. The quantitative estimate of drug-likeness (QED) is 0.823. The number of nitrogens with zero attached hydrogens (tertiary/aromatic N) is 1. The normalized spacial score (nSPS) is 11.4. The lowest BCUT2D eigenvalue weighted by atomic mass is 10.1. The van der Waals surface area contributed by atoms with E-state index in [1.165, 1.54) is 0 Å². The van der Waals surface area contributed by atoms with Gasteiger partial charge in [0.15, 0.2) is 0 Å². The summed E-state index contributed by atoms with van der Waals surface area (Å²) in [6.07, 6.45) is 0. The summed E-state index contributed by atoms with van der Waals surface area (Å²) in [6.45, 7) is 8.09. The van der Waals surface area contributed by atoms with Crippen LogP contribution < -0.4 is 0 Å². The zero-order valence-corrected chi connectivity index (χ0v) is 12.3. The summed E-state index contributed by atoms with van der Waals surface area (Å²) in [7, 11) is 0. The Morgan fingerprint density at radius 2 is 2.06 bits per heavy atom. The topological polar surface area (TPSA) is 40.5 Å². The molecule has 4 heteroatoms. The fourth-order valence-electron chi connectivity index (χ4n) is 1.81. The number of carbonyl (C=O) groups is 1. The average Bonchev–Trinajstić information content (AvgIpc) is 2.27. The highest BCUT2D eigenvalue weighted by atomic mass is 32.1. The third-order valence-electron chi connectivity index (χ3n) is 2.70. The molecule has 1 aromatic carbocycles. The number of aliphatic hydroxyl groups is 1. The smallest absolute Gasteiger partial charge is 0.254 e. The van der Waals surface area contributed by atoms with Crippen LogP contribution in [0.5, 0.6) is 0 Å². The van der Waals surface area contributed by atoms with Gasteiger partial charge in [-0.3, -0.25) is 4.79 Å². The Morgan fingerprint density at radius 3 is 2.56 bits per heavy atom. The van der Waals surface area contributed by atoms with E-state index in [0.29, 0.717) is 18.7 Å². The van der Waals surface area contributed by atoms with Gasteiger partial charge in [-0.05, 0) is 45.4 Å². The van der Waals surface area contributed by atoms with Crippen LogP contribution in [0.3, 0.4) is 0 Å². The summed E-state index contributed by atoms with van der Waals surface area (Å²) < 4.78 is 0. The van der Waals surface area contributed by atoms with Crippen LogP contribution in [0.25, 0.3) is 0 Å². The molecule has 0 unspecified atom stereocenters. The van der Waals surface area contributed by atoms with E-state index >= 15 is 0 Å². The van der Waals surface area contributed by atoms with Gasteiger partial charge in [-0.25, -0.2) is 0 Å². The second-order valence-electron chi connectivity index (χ2n) is 5.13. The minimum absolute atomic E-state index is 0.0620. The molecule has 1 aromatic rings. The molecule has 0 radical (unpaired) electrons. The Bertz CT molecular complexity index is 438. The Balaban J connectivity index is 3.00. The van der Waals surface area contributed by atoms with Crippen molar-refractivity contribution in [3.63, 3.8) is 0 Å². The molecule has 0 aromatic heterocycles. The number of hydrogen-bond donors (Lipinski definition) is 2. The minimum atomic E-state index is -0.891. The number of rotatable bonds is 4. The monoisotopic (exact) mass is 267 g/mol. The molecular weight excluding hydrogens is 246 g/mol. The third kappa shape index (κ3) is 4.03. The van der Waals surface area contributed by atoms with Gasteiger partial charge in [0.25, 0.3) is 5.91 Å². The van der Waals surface area contributed by atoms with Crippen molar-refractivity contribution in [1.29, 1.82) is 0 Å². The third-order valence-corrected chi connectivity index (χ3v) is 2.98. The minimum Gasteiger partial charge on any atom is -0.389 e. The highest BCUT2D eigenvalue weighted by Gasteiger charge is 2.23. The van der Waals surface area contributed by atoms with E-state index in [9.17, 15) is 9.90 Å². The second-order valence-corrected chi connectivity index (χ2v) is 5.65. The van der Waals surface area contributed by atoms with Crippen molar-refractivity contribution in [2.45, 2.75) is 38.2 Å². The molecule has 0 atom stereocenters. The van der Waals surface area contributed by atoms with Crippen molar-refractivity contribution in [3.05, 3.63) is 29.3 Å².